The van der Waals surface area contributed by atoms with Crippen molar-refractivity contribution in [1.29, 1.82) is 0 Å². The molecule has 2 heterocycles. The molecular weight excluding hydrogens is 795 g/mol. The van der Waals surface area contributed by atoms with Gasteiger partial charge in [0.15, 0.2) is 5.58 Å². The monoisotopic (exact) mass is 835 g/mol. The van der Waals surface area contributed by atoms with E-state index in [0.717, 1.165) is 106 Å². The molecule has 12 rings (SSSR count). The van der Waals surface area contributed by atoms with E-state index in [2.05, 4.69) is 239 Å². The number of hydrogen-bond acceptors (Lipinski definition) is 5. The standard InChI is InChI=1S/C60H41N3O2/c1-5-19-43(20-6-1)61(44-21-7-2-8-22-44)48-39-49(41-50(40-48)63(46-25-11-4-12-26-46)56-32-18-31-55-53-28-14-16-34-58(53)65-60(55)56)62(45-23-9-3-10-24-45)47-37-35-42(36-38-47)51-29-17-30-54-52-27-13-15-33-57(52)64-59(51)54/h1-41H. The number of para-hydroxylation sites is 8. The van der Waals surface area contributed by atoms with E-state index >= 15 is 0 Å². The zero-order valence-electron chi connectivity index (χ0n) is 35.3. The van der Waals surface area contributed by atoms with Crippen LogP contribution in [0.3, 0.4) is 0 Å². The number of hydrogen-bond donors (Lipinski definition) is 0. The number of rotatable bonds is 10. The Hall–Kier alpha value is -8.80. The number of benzene rings is 10. The quantitative estimate of drug-likeness (QED) is 0.137. The third-order valence-electron chi connectivity index (χ3n) is 12.2. The average Bonchev–Trinajstić information content (AvgIpc) is 3.95. The van der Waals surface area contributed by atoms with Crippen LogP contribution >= 0.6 is 0 Å². The highest BCUT2D eigenvalue weighted by atomic mass is 16.3. The van der Waals surface area contributed by atoms with E-state index in [1.165, 1.54) is 0 Å². The zero-order chi connectivity index (χ0) is 43.1. The van der Waals surface area contributed by atoms with Crippen molar-refractivity contribution in [2.45, 2.75) is 0 Å². The second kappa shape index (κ2) is 16.2. The summed E-state index contributed by atoms with van der Waals surface area (Å²) in [6.45, 7) is 0. The molecule has 12 aromatic rings. The summed E-state index contributed by atoms with van der Waals surface area (Å²) in [7, 11) is 0. The molecule has 0 aliphatic heterocycles. The minimum Gasteiger partial charge on any atom is -0.455 e. The molecule has 5 heteroatoms. The molecule has 308 valence electrons. The van der Waals surface area contributed by atoms with Crippen molar-refractivity contribution >= 4 is 95.1 Å². The molecule has 0 bridgehead atoms. The van der Waals surface area contributed by atoms with E-state index in [4.69, 9.17) is 8.83 Å². The topological polar surface area (TPSA) is 36.0 Å². The molecule has 0 aliphatic rings. The molecule has 0 saturated heterocycles. The summed E-state index contributed by atoms with van der Waals surface area (Å²) < 4.78 is 13.3. The van der Waals surface area contributed by atoms with Gasteiger partial charge in [-0.2, -0.15) is 0 Å². The van der Waals surface area contributed by atoms with Crippen LogP contribution in [0.5, 0.6) is 0 Å². The van der Waals surface area contributed by atoms with Gasteiger partial charge in [0, 0.05) is 55.5 Å². The Morgan fingerprint density at radius 3 is 1.12 bits per heavy atom. The lowest BCUT2D eigenvalue weighted by Crippen LogP contribution is -2.16. The minimum atomic E-state index is 0.822. The minimum absolute atomic E-state index is 0.822. The summed E-state index contributed by atoms with van der Waals surface area (Å²) in [6, 6.07) is 87.5. The fourth-order valence-corrected chi connectivity index (χ4v) is 9.27. The molecule has 0 N–H and O–H groups in total. The highest BCUT2D eigenvalue weighted by Gasteiger charge is 2.25. The molecule has 0 spiro atoms. The van der Waals surface area contributed by atoms with Gasteiger partial charge in [-0.3, -0.25) is 0 Å². The smallest absolute Gasteiger partial charge is 0.159 e. The van der Waals surface area contributed by atoms with E-state index in [9.17, 15) is 0 Å². The zero-order valence-corrected chi connectivity index (χ0v) is 35.3. The molecule has 0 aliphatic carbocycles. The van der Waals surface area contributed by atoms with E-state index in [1.807, 2.05) is 24.3 Å². The fraction of sp³-hybridized carbons (Fsp3) is 0. The van der Waals surface area contributed by atoms with Crippen molar-refractivity contribution in [3.63, 3.8) is 0 Å². The van der Waals surface area contributed by atoms with Crippen molar-refractivity contribution in [1.82, 2.24) is 0 Å². The van der Waals surface area contributed by atoms with Crippen LogP contribution in [-0.4, -0.2) is 0 Å². The number of nitrogens with zero attached hydrogens (tertiary/aromatic N) is 3. The Labute approximate surface area is 376 Å². The first-order valence-electron chi connectivity index (χ1n) is 21.9. The van der Waals surface area contributed by atoms with Crippen molar-refractivity contribution in [2.75, 3.05) is 14.7 Å². The van der Waals surface area contributed by atoms with E-state index in [0.29, 0.717) is 0 Å². The SMILES string of the molecule is c1ccc(N(c2ccccc2)c2cc(N(c3ccccc3)c3ccc(-c4cccc5c4oc4ccccc45)cc3)cc(N(c3ccccc3)c3cccc4c3oc3ccccc34)c2)cc1. The third kappa shape index (κ3) is 6.83. The van der Waals surface area contributed by atoms with Gasteiger partial charge in [-0.1, -0.05) is 152 Å². The predicted molar refractivity (Wildman–Crippen MR) is 270 cm³/mol. The summed E-state index contributed by atoms with van der Waals surface area (Å²) in [4.78, 5) is 7.00. The van der Waals surface area contributed by atoms with Gasteiger partial charge in [0.1, 0.15) is 16.7 Å². The summed E-state index contributed by atoms with van der Waals surface area (Å²) in [5, 5.41) is 4.38. The van der Waals surface area contributed by atoms with Crippen LogP contribution in [-0.2, 0) is 0 Å². The number of furan rings is 2. The second-order valence-corrected chi connectivity index (χ2v) is 16.1. The third-order valence-corrected chi connectivity index (χ3v) is 12.2. The Balaban J connectivity index is 1.09. The Bertz CT molecular complexity index is 3560. The molecule has 0 radical (unpaired) electrons. The molecule has 0 atom stereocenters. The van der Waals surface area contributed by atoms with Crippen molar-refractivity contribution in [3.8, 4) is 11.1 Å². The molecule has 0 saturated carbocycles. The number of anilines is 9. The van der Waals surface area contributed by atoms with E-state index < -0.39 is 0 Å². The average molecular weight is 836 g/mol. The maximum Gasteiger partial charge on any atom is 0.159 e. The van der Waals surface area contributed by atoms with Crippen LogP contribution in [0.15, 0.2) is 258 Å². The first-order valence-corrected chi connectivity index (χ1v) is 21.9. The Kier molecular flexibility index (Phi) is 9.42. The molecule has 65 heavy (non-hydrogen) atoms. The predicted octanol–water partition coefficient (Wildman–Crippen LogP) is 17.6. The van der Waals surface area contributed by atoms with Crippen LogP contribution in [0.2, 0.25) is 0 Å². The summed E-state index contributed by atoms with van der Waals surface area (Å²) in [5.41, 5.74) is 14.6. The molecule has 0 unspecified atom stereocenters. The first kappa shape index (κ1) is 37.9. The van der Waals surface area contributed by atoms with Crippen LogP contribution in [0.25, 0.3) is 55.0 Å². The van der Waals surface area contributed by atoms with Crippen LogP contribution in [0, 0.1) is 0 Å². The normalized spacial score (nSPS) is 11.4. The summed E-state index contributed by atoms with van der Waals surface area (Å²) in [5.74, 6) is 0. The van der Waals surface area contributed by atoms with Crippen LogP contribution in [0.1, 0.15) is 0 Å². The first-order chi connectivity index (χ1) is 32.2. The van der Waals surface area contributed by atoms with Crippen molar-refractivity contribution in [2.24, 2.45) is 0 Å². The lowest BCUT2D eigenvalue weighted by atomic mass is 10.0. The largest absolute Gasteiger partial charge is 0.455 e. The van der Waals surface area contributed by atoms with Crippen LogP contribution < -0.4 is 14.7 Å². The lowest BCUT2D eigenvalue weighted by molar-refractivity contribution is 0.669. The maximum absolute atomic E-state index is 6.76. The van der Waals surface area contributed by atoms with Gasteiger partial charge in [0.25, 0.3) is 0 Å². The van der Waals surface area contributed by atoms with Gasteiger partial charge < -0.3 is 23.5 Å². The lowest BCUT2D eigenvalue weighted by Gasteiger charge is -2.33. The van der Waals surface area contributed by atoms with Gasteiger partial charge in [0.05, 0.1) is 22.7 Å². The second-order valence-electron chi connectivity index (χ2n) is 16.1. The molecule has 0 amide bonds. The molecule has 2 aromatic heterocycles. The highest BCUT2D eigenvalue weighted by Crippen LogP contribution is 2.48. The molecule has 10 aromatic carbocycles. The summed E-state index contributed by atoms with van der Waals surface area (Å²) >= 11 is 0. The highest BCUT2D eigenvalue weighted by molar-refractivity contribution is 6.11. The Morgan fingerprint density at radius 2 is 0.615 bits per heavy atom. The maximum atomic E-state index is 6.76. The van der Waals surface area contributed by atoms with Gasteiger partial charge in [-0.25, -0.2) is 0 Å². The molecular formula is C60H41N3O2. The van der Waals surface area contributed by atoms with Crippen LogP contribution in [0.4, 0.5) is 51.2 Å². The fourth-order valence-electron chi connectivity index (χ4n) is 9.27. The molecule has 0 fully saturated rings. The van der Waals surface area contributed by atoms with Gasteiger partial charge >= 0.3 is 0 Å². The van der Waals surface area contributed by atoms with E-state index in [-0.39, 0.29) is 0 Å². The van der Waals surface area contributed by atoms with Gasteiger partial charge in [-0.15, -0.1) is 0 Å². The summed E-state index contributed by atoms with van der Waals surface area (Å²) in [6.07, 6.45) is 0. The Morgan fingerprint density at radius 1 is 0.246 bits per heavy atom. The van der Waals surface area contributed by atoms with Crippen molar-refractivity contribution in [3.05, 3.63) is 249 Å². The van der Waals surface area contributed by atoms with Crippen molar-refractivity contribution < 1.29 is 8.83 Å². The van der Waals surface area contributed by atoms with E-state index in [1.54, 1.807) is 0 Å². The van der Waals surface area contributed by atoms with Gasteiger partial charge in [0.2, 0.25) is 0 Å². The molecule has 5 nitrogen and oxygen atoms in total. The van der Waals surface area contributed by atoms with Gasteiger partial charge in [-0.05, 0) is 103 Å². The number of fused-ring (bicyclic) bond motifs is 6.